The van der Waals surface area contributed by atoms with Crippen LogP contribution in [0.2, 0.25) is 0 Å². The summed E-state index contributed by atoms with van der Waals surface area (Å²) in [4.78, 5) is 20.4. The smallest absolute Gasteiger partial charge is 0.407 e. The molecule has 0 aliphatic rings. The van der Waals surface area contributed by atoms with Crippen LogP contribution >= 0.6 is 0 Å². The van der Waals surface area contributed by atoms with Gasteiger partial charge in [-0.1, -0.05) is 57.2 Å². The van der Waals surface area contributed by atoms with Crippen molar-refractivity contribution >= 4 is 27.9 Å². The Morgan fingerprint density at radius 2 is 1.42 bits per heavy atom. The number of fused-ring (bicyclic) bond motifs is 2. The number of carboxylic acid groups (broad SMARTS) is 1. The summed E-state index contributed by atoms with van der Waals surface area (Å²) in [5, 5.41) is 12.3. The van der Waals surface area contributed by atoms with Crippen LogP contribution in [0.15, 0.2) is 60.9 Å². The molecule has 1 atom stereocenters. The number of benzene rings is 2. The fraction of sp³-hybridized carbons (Fsp3) is 0.320. The van der Waals surface area contributed by atoms with Crippen LogP contribution in [0.1, 0.15) is 31.9 Å². The highest BCUT2D eigenvalue weighted by Gasteiger charge is 2.35. The molecule has 4 rings (SSSR count). The number of aromatic nitrogens is 2. The van der Waals surface area contributed by atoms with E-state index in [2.05, 4.69) is 35.9 Å². The highest BCUT2D eigenvalue weighted by atomic mass is 16.4. The highest BCUT2D eigenvalue weighted by Crippen LogP contribution is 2.34. The number of carbonyl (C=O) groups is 1. The van der Waals surface area contributed by atoms with Crippen LogP contribution in [0.25, 0.3) is 21.8 Å². The summed E-state index contributed by atoms with van der Waals surface area (Å²) in [6.45, 7) is 7.23. The standard InChI is InChI=1S/C25H30N4O2/c1-24(2,19-12-27-21-10-6-4-8-17(19)21)15-29(23(30)31)16-25(3,14-26)20-13-28-22-11-7-5-9-18(20)22/h4-13,27-28H,14-16,26H2,1-3H3,(H,30,31). The van der Waals surface area contributed by atoms with Crippen molar-refractivity contribution in [2.24, 2.45) is 5.73 Å². The maximum Gasteiger partial charge on any atom is 0.407 e. The van der Waals surface area contributed by atoms with E-state index < -0.39 is 11.5 Å². The Labute approximate surface area is 182 Å². The van der Waals surface area contributed by atoms with Crippen molar-refractivity contribution in [3.63, 3.8) is 0 Å². The van der Waals surface area contributed by atoms with Gasteiger partial charge in [0.1, 0.15) is 0 Å². The Morgan fingerprint density at radius 3 is 1.97 bits per heavy atom. The van der Waals surface area contributed by atoms with Gasteiger partial charge in [0, 0.05) is 64.7 Å². The Hall–Kier alpha value is -3.25. The maximum absolute atomic E-state index is 12.3. The summed E-state index contributed by atoms with van der Waals surface area (Å²) in [5.74, 6) is 0. The molecule has 31 heavy (non-hydrogen) atoms. The van der Waals surface area contributed by atoms with Gasteiger partial charge in [0.15, 0.2) is 0 Å². The van der Waals surface area contributed by atoms with Gasteiger partial charge >= 0.3 is 6.09 Å². The third kappa shape index (κ3) is 3.79. The maximum atomic E-state index is 12.3. The molecule has 4 aromatic rings. The Bertz CT molecular complexity index is 1220. The molecule has 6 heteroatoms. The second-order valence-electron chi connectivity index (χ2n) is 9.28. The molecule has 162 valence electrons. The normalized spacial score (nSPS) is 14.1. The number of H-pyrrole nitrogens is 2. The average molecular weight is 419 g/mol. The van der Waals surface area contributed by atoms with Crippen molar-refractivity contribution in [2.75, 3.05) is 19.6 Å². The number of hydrogen-bond donors (Lipinski definition) is 4. The molecule has 0 fully saturated rings. The van der Waals surface area contributed by atoms with Crippen molar-refractivity contribution in [3.8, 4) is 0 Å². The topological polar surface area (TPSA) is 98.1 Å². The monoisotopic (exact) mass is 418 g/mol. The van der Waals surface area contributed by atoms with E-state index >= 15 is 0 Å². The van der Waals surface area contributed by atoms with Crippen molar-refractivity contribution in [1.82, 2.24) is 14.9 Å². The van der Waals surface area contributed by atoms with E-state index in [1.54, 1.807) is 0 Å². The molecule has 0 radical (unpaired) electrons. The Kier molecular flexibility index (Phi) is 5.27. The van der Waals surface area contributed by atoms with Crippen LogP contribution in [0.3, 0.4) is 0 Å². The molecule has 2 heterocycles. The fourth-order valence-corrected chi connectivity index (χ4v) is 4.64. The first-order valence-electron chi connectivity index (χ1n) is 10.6. The van der Waals surface area contributed by atoms with Crippen molar-refractivity contribution in [2.45, 2.75) is 31.6 Å². The first-order valence-corrected chi connectivity index (χ1v) is 10.6. The van der Waals surface area contributed by atoms with Gasteiger partial charge in [-0.15, -0.1) is 0 Å². The third-order valence-electron chi connectivity index (χ3n) is 6.40. The molecule has 2 aromatic carbocycles. The lowest BCUT2D eigenvalue weighted by Crippen LogP contribution is -2.49. The number of para-hydroxylation sites is 2. The quantitative estimate of drug-likeness (QED) is 0.346. The van der Waals surface area contributed by atoms with Crippen molar-refractivity contribution in [1.29, 1.82) is 0 Å². The summed E-state index contributed by atoms with van der Waals surface area (Å²) in [6.07, 6.45) is 3.02. The van der Waals surface area contributed by atoms with E-state index in [4.69, 9.17) is 5.73 Å². The molecule has 0 aliphatic carbocycles. The van der Waals surface area contributed by atoms with Crippen LogP contribution in [-0.4, -0.2) is 45.7 Å². The van der Waals surface area contributed by atoms with Crippen molar-refractivity contribution in [3.05, 3.63) is 72.1 Å². The van der Waals surface area contributed by atoms with Crippen LogP contribution in [0.5, 0.6) is 0 Å². The molecule has 0 saturated heterocycles. The van der Waals surface area contributed by atoms with E-state index in [0.29, 0.717) is 19.6 Å². The second-order valence-corrected chi connectivity index (χ2v) is 9.28. The van der Waals surface area contributed by atoms with E-state index in [1.165, 1.54) is 4.90 Å². The van der Waals surface area contributed by atoms with Gasteiger partial charge in [0.25, 0.3) is 0 Å². The number of aromatic amines is 2. The number of nitrogens with two attached hydrogens (primary N) is 1. The molecule has 0 aliphatic heterocycles. The molecule has 5 N–H and O–H groups in total. The number of amides is 1. The summed E-state index contributed by atoms with van der Waals surface area (Å²) in [6, 6.07) is 16.2. The van der Waals surface area contributed by atoms with E-state index in [1.807, 2.05) is 55.7 Å². The molecule has 6 nitrogen and oxygen atoms in total. The molecule has 0 saturated carbocycles. The van der Waals surface area contributed by atoms with Gasteiger partial charge in [-0.05, 0) is 23.3 Å². The van der Waals surface area contributed by atoms with Gasteiger partial charge < -0.3 is 25.7 Å². The molecular formula is C25H30N4O2. The highest BCUT2D eigenvalue weighted by molar-refractivity contribution is 5.85. The number of nitrogens with one attached hydrogen (secondary N) is 2. The van der Waals surface area contributed by atoms with E-state index in [-0.39, 0.29) is 5.41 Å². The van der Waals surface area contributed by atoms with Crippen LogP contribution < -0.4 is 5.73 Å². The number of rotatable bonds is 7. The summed E-state index contributed by atoms with van der Waals surface area (Å²) in [5.41, 5.74) is 9.56. The van der Waals surface area contributed by atoms with E-state index in [9.17, 15) is 9.90 Å². The lowest BCUT2D eigenvalue weighted by molar-refractivity contribution is 0.123. The van der Waals surface area contributed by atoms with Gasteiger partial charge in [0.2, 0.25) is 0 Å². The lowest BCUT2D eigenvalue weighted by atomic mass is 9.80. The second kappa shape index (κ2) is 7.78. The molecule has 1 unspecified atom stereocenters. The zero-order chi connectivity index (χ0) is 22.2. The molecule has 0 bridgehead atoms. The van der Waals surface area contributed by atoms with Gasteiger partial charge in [-0.2, -0.15) is 0 Å². The predicted molar refractivity (Wildman–Crippen MR) is 126 cm³/mol. The molecule has 0 spiro atoms. The van der Waals surface area contributed by atoms with Crippen LogP contribution in [0.4, 0.5) is 4.79 Å². The number of nitrogens with zero attached hydrogens (tertiary/aromatic N) is 1. The summed E-state index contributed by atoms with van der Waals surface area (Å²) in [7, 11) is 0. The molecule has 1 amide bonds. The lowest BCUT2D eigenvalue weighted by Gasteiger charge is -2.37. The first-order chi connectivity index (χ1) is 14.7. The Morgan fingerprint density at radius 1 is 0.903 bits per heavy atom. The fourth-order valence-electron chi connectivity index (χ4n) is 4.64. The summed E-state index contributed by atoms with van der Waals surface area (Å²) >= 11 is 0. The largest absolute Gasteiger partial charge is 0.465 e. The molecule has 2 aromatic heterocycles. The zero-order valence-electron chi connectivity index (χ0n) is 18.3. The average Bonchev–Trinajstić information content (AvgIpc) is 3.38. The zero-order valence-corrected chi connectivity index (χ0v) is 18.3. The van der Waals surface area contributed by atoms with Gasteiger partial charge in [0.05, 0.1) is 0 Å². The Balaban J connectivity index is 1.66. The van der Waals surface area contributed by atoms with Crippen molar-refractivity contribution < 1.29 is 9.90 Å². The number of hydrogen-bond acceptors (Lipinski definition) is 2. The SMILES string of the molecule is CC(C)(CN(CC(C)(CN)c1c[nH]c2ccccc12)C(=O)O)c1c[nH]c2ccccc12. The first kappa shape index (κ1) is 21.0. The predicted octanol–water partition coefficient (Wildman–Crippen LogP) is 4.82. The van der Waals surface area contributed by atoms with Crippen LogP contribution in [0, 0.1) is 0 Å². The molecular weight excluding hydrogens is 388 g/mol. The minimum absolute atomic E-state index is 0.312. The van der Waals surface area contributed by atoms with Gasteiger partial charge in [-0.3, -0.25) is 0 Å². The minimum Gasteiger partial charge on any atom is -0.465 e. The van der Waals surface area contributed by atoms with Crippen LogP contribution in [-0.2, 0) is 10.8 Å². The van der Waals surface area contributed by atoms with Gasteiger partial charge in [-0.25, -0.2) is 4.79 Å². The summed E-state index contributed by atoms with van der Waals surface area (Å²) < 4.78 is 0. The minimum atomic E-state index is -0.938. The third-order valence-corrected chi connectivity index (χ3v) is 6.40. The van der Waals surface area contributed by atoms with E-state index in [0.717, 1.165) is 32.9 Å².